The van der Waals surface area contributed by atoms with E-state index in [0.29, 0.717) is 15.0 Å². The van der Waals surface area contributed by atoms with Gasteiger partial charge in [-0.3, -0.25) is 19.5 Å². The maximum absolute atomic E-state index is 13.0. The number of hydrogen-bond donors (Lipinski definition) is 0. The molecule has 2 aliphatic rings. The van der Waals surface area contributed by atoms with Crippen LogP contribution >= 0.6 is 24.0 Å². The lowest BCUT2D eigenvalue weighted by Crippen LogP contribution is -2.40. The molecule has 0 bridgehead atoms. The molecule has 6 nitrogen and oxygen atoms in total. The maximum Gasteiger partial charge on any atom is 0.266 e. The van der Waals surface area contributed by atoms with Crippen molar-refractivity contribution < 1.29 is 14.0 Å². The first-order valence-electron chi connectivity index (χ1n) is 9.62. The number of nitrogens with zero attached hydrogens (tertiary/aromatic N) is 3. The molecule has 2 saturated heterocycles. The minimum atomic E-state index is -0.174. The standard InChI is InChI=1S/C21H21N3O3S2/c25-19(23-10-2-1-7-17(23)15-5-3-9-22-14-15)8-11-24-20(26)18(29-21(24)28)13-16-6-4-12-27-16/h3-6,9,12-14,17H,1-2,7-8,10-11H2/b18-13-/t17-/m0/s1. The fourth-order valence-electron chi connectivity index (χ4n) is 3.70. The second-order valence-corrected chi connectivity index (χ2v) is 8.66. The molecule has 150 valence electrons. The third-order valence-corrected chi connectivity index (χ3v) is 6.51. The van der Waals surface area contributed by atoms with Crippen molar-refractivity contribution in [1.29, 1.82) is 0 Å². The average molecular weight is 428 g/mol. The Labute approximate surface area is 179 Å². The summed E-state index contributed by atoms with van der Waals surface area (Å²) >= 11 is 6.60. The molecule has 29 heavy (non-hydrogen) atoms. The number of rotatable bonds is 5. The lowest BCUT2D eigenvalue weighted by Gasteiger charge is -2.36. The molecule has 2 aromatic heterocycles. The molecule has 0 spiro atoms. The lowest BCUT2D eigenvalue weighted by atomic mass is 9.96. The Bertz CT molecular complexity index is 928. The van der Waals surface area contributed by atoms with Crippen LogP contribution in [0, 0.1) is 0 Å². The quantitative estimate of drug-likeness (QED) is 0.530. The smallest absolute Gasteiger partial charge is 0.266 e. The summed E-state index contributed by atoms with van der Waals surface area (Å²) in [5, 5.41) is 0. The van der Waals surface area contributed by atoms with Crippen molar-refractivity contribution in [3.63, 3.8) is 0 Å². The summed E-state index contributed by atoms with van der Waals surface area (Å²) in [4.78, 5) is 33.8. The van der Waals surface area contributed by atoms with Crippen LogP contribution < -0.4 is 0 Å². The summed E-state index contributed by atoms with van der Waals surface area (Å²) in [6, 6.07) is 7.52. The van der Waals surface area contributed by atoms with Crippen molar-refractivity contribution in [2.24, 2.45) is 0 Å². The van der Waals surface area contributed by atoms with E-state index in [2.05, 4.69) is 4.98 Å². The maximum atomic E-state index is 13.0. The molecule has 4 rings (SSSR count). The van der Waals surface area contributed by atoms with Crippen molar-refractivity contribution in [3.8, 4) is 0 Å². The summed E-state index contributed by atoms with van der Waals surface area (Å²) in [7, 11) is 0. The zero-order valence-corrected chi connectivity index (χ0v) is 17.5. The molecule has 0 saturated carbocycles. The van der Waals surface area contributed by atoms with Crippen molar-refractivity contribution >= 4 is 46.2 Å². The Hall–Kier alpha value is -2.45. The first kappa shape index (κ1) is 19.8. The highest BCUT2D eigenvalue weighted by Gasteiger charge is 2.34. The van der Waals surface area contributed by atoms with Gasteiger partial charge in [0.05, 0.1) is 17.2 Å². The fourth-order valence-corrected chi connectivity index (χ4v) is 4.98. The number of amides is 2. The Morgan fingerprint density at radius 2 is 2.24 bits per heavy atom. The van der Waals surface area contributed by atoms with Gasteiger partial charge in [-0.1, -0.05) is 30.0 Å². The summed E-state index contributed by atoms with van der Waals surface area (Å²) in [6.07, 6.45) is 10.1. The van der Waals surface area contributed by atoms with E-state index in [9.17, 15) is 9.59 Å². The topological polar surface area (TPSA) is 66.7 Å². The van der Waals surface area contributed by atoms with E-state index in [4.69, 9.17) is 16.6 Å². The van der Waals surface area contributed by atoms with E-state index in [1.807, 2.05) is 23.2 Å². The van der Waals surface area contributed by atoms with Crippen LogP contribution in [-0.4, -0.2) is 44.0 Å². The highest BCUT2D eigenvalue weighted by molar-refractivity contribution is 8.26. The summed E-state index contributed by atoms with van der Waals surface area (Å²) < 4.78 is 5.75. The molecular formula is C21H21N3O3S2. The fraction of sp³-hybridized carbons (Fsp3) is 0.333. The SMILES string of the molecule is O=C1/C(=C/c2ccco2)SC(=S)N1CCC(=O)N1CCCC[C@H]1c1cccnc1. The predicted molar refractivity (Wildman–Crippen MR) is 116 cm³/mol. The second-order valence-electron chi connectivity index (χ2n) is 6.98. The van der Waals surface area contributed by atoms with Crippen molar-refractivity contribution in [3.05, 3.63) is 59.2 Å². The van der Waals surface area contributed by atoms with Crippen molar-refractivity contribution in [2.75, 3.05) is 13.1 Å². The van der Waals surface area contributed by atoms with Gasteiger partial charge >= 0.3 is 0 Å². The number of pyridine rings is 1. The van der Waals surface area contributed by atoms with Gasteiger partial charge in [-0.2, -0.15) is 0 Å². The number of carbonyl (C=O) groups excluding carboxylic acids is 2. The minimum Gasteiger partial charge on any atom is -0.465 e. The molecule has 2 aromatic rings. The van der Waals surface area contributed by atoms with E-state index < -0.39 is 0 Å². The van der Waals surface area contributed by atoms with Crippen LogP contribution in [0.15, 0.2) is 52.2 Å². The molecule has 0 N–H and O–H groups in total. The third kappa shape index (κ3) is 4.43. The molecule has 0 aliphatic carbocycles. The van der Waals surface area contributed by atoms with E-state index in [1.165, 1.54) is 16.7 Å². The van der Waals surface area contributed by atoms with Gasteiger partial charge in [0.15, 0.2) is 0 Å². The van der Waals surface area contributed by atoms with Gasteiger partial charge in [-0.15, -0.1) is 0 Å². The van der Waals surface area contributed by atoms with Gasteiger partial charge in [0, 0.05) is 38.0 Å². The largest absolute Gasteiger partial charge is 0.465 e. The van der Waals surface area contributed by atoms with E-state index >= 15 is 0 Å². The third-order valence-electron chi connectivity index (χ3n) is 5.13. The van der Waals surface area contributed by atoms with Crippen molar-refractivity contribution in [2.45, 2.75) is 31.7 Å². The van der Waals surface area contributed by atoms with Crippen molar-refractivity contribution in [1.82, 2.24) is 14.8 Å². The van der Waals surface area contributed by atoms with Gasteiger partial charge in [-0.05, 0) is 43.0 Å². The molecule has 1 atom stereocenters. The van der Waals surface area contributed by atoms with Crippen LogP contribution in [0.4, 0.5) is 0 Å². The molecular weight excluding hydrogens is 406 g/mol. The predicted octanol–water partition coefficient (Wildman–Crippen LogP) is 4.02. The number of thioether (sulfide) groups is 1. The summed E-state index contributed by atoms with van der Waals surface area (Å²) in [5.41, 5.74) is 1.06. The Morgan fingerprint density at radius 1 is 1.34 bits per heavy atom. The molecule has 4 heterocycles. The van der Waals surface area contributed by atoms with E-state index in [-0.39, 0.29) is 30.8 Å². The number of aromatic nitrogens is 1. The summed E-state index contributed by atoms with van der Waals surface area (Å²) in [6.45, 7) is 1.02. The zero-order chi connectivity index (χ0) is 20.2. The molecule has 0 aromatic carbocycles. The van der Waals surface area contributed by atoms with Crippen LogP contribution in [0.5, 0.6) is 0 Å². The Morgan fingerprint density at radius 3 is 3.00 bits per heavy atom. The molecule has 2 fully saturated rings. The molecule has 0 unspecified atom stereocenters. The molecule has 2 amide bonds. The van der Waals surface area contributed by atoms with E-state index in [0.717, 1.165) is 31.4 Å². The highest BCUT2D eigenvalue weighted by atomic mass is 32.2. The van der Waals surface area contributed by atoms with Crippen LogP contribution in [0.3, 0.4) is 0 Å². The number of likely N-dealkylation sites (tertiary alicyclic amines) is 1. The first-order valence-corrected chi connectivity index (χ1v) is 10.8. The number of piperidine rings is 1. The van der Waals surface area contributed by atoms with Gasteiger partial charge < -0.3 is 9.32 Å². The monoisotopic (exact) mass is 427 g/mol. The normalized spacial score (nSPS) is 21.2. The molecule has 0 radical (unpaired) electrons. The van der Waals surface area contributed by atoms with Gasteiger partial charge in [-0.25, -0.2) is 0 Å². The van der Waals surface area contributed by atoms with Gasteiger partial charge in [0.25, 0.3) is 5.91 Å². The van der Waals surface area contributed by atoms with Crippen LogP contribution in [0.25, 0.3) is 6.08 Å². The van der Waals surface area contributed by atoms with Crippen LogP contribution in [0.1, 0.15) is 43.0 Å². The number of hydrogen-bond acceptors (Lipinski definition) is 6. The first-order chi connectivity index (χ1) is 14.1. The van der Waals surface area contributed by atoms with Gasteiger partial charge in [0.1, 0.15) is 10.1 Å². The highest BCUT2D eigenvalue weighted by Crippen LogP contribution is 2.34. The Balaban J connectivity index is 1.41. The summed E-state index contributed by atoms with van der Waals surface area (Å²) in [5.74, 6) is 0.475. The lowest BCUT2D eigenvalue weighted by molar-refractivity contribution is -0.135. The molecule has 8 heteroatoms. The molecule has 2 aliphatic heterocycles. The Kier molecular flexibility index (Phi) is 6.10. The van der Waals surface area contributed by atoms with Crippen LogP contribution in [-0.2, 0) is 9.59 Å². The number of furan rings is 1. The van der Waals surface area contributed by atoms with E-state index in [1.54, 1.807) is 30.7 Å². The second kappa shape index (κ2) is 8.92. The van der Waals surface area contributed by atoms with Crippen LogP contribution in [0.2, 0.25) is 0 Å². The number of thiocarbonyl (C=S) groups is 1. The number of carbonyl (C=O) groups is 2. The average Bonchev–Trinajstić information content (AvgIpc) is 3.35. The zero-order valence-electron chi connectivity index (χ0n) is 15.8. The van der Waals surface area contributed by atoms with Gasteiger partial charge in [0.2, 0.25) is 5.91 Å². The minimum absolute atomic E-state index is 0.0441.